The van der Waals surface area contributed by atoms with E-state index in [4.69, 9.17) is 9.47 Å². The molecule has 0 amide bonds. The van der Waals surface area contributed by atoms with E-state index in [1.807, 2.05) is 18.2 Å². The van der Waals surface area contributed by atoms with Crippen molar-refractivity contribution < 1.29 is 22.8 Å². The number of rotatable bonds is 12. The molecular weight excluding hydrogens is 568 g/mol. The Morgan fingerprint density at radius 2 is 1.71 bits per heavy atom. The zero-order valence-corrected chi connectivity index (χ0v) is 23.9. The Balaban J connectivity index is 1.55. The van der Waals surface area contributed by atoms with E-state index in [1.54, 1.807) is 50.7 Å². The Morgan fingerprint density at radius 3 is 2.41 bits per heavy atom. The second-order valence-electron chi connectivity index (χ2n) is 8.40. The predicted octanol–water partition coefficient (Wildman–Crippen LogP) is 5.33. The Kier molecular flexibility index (Phi) is 9.37. The molecule has 0 atom stereocenters. The molecule has 0 unspecified atom stereocenters. The third-order valence-corrected chi connectivity index (χ3v) is 8.06. The first-order chi connectivity index (χ1) is 19.7. The van der Waals surface area contributed by atoms with Crippen LogP contribution in [0.15, 0.2) is 94.3 Å². The lowest BCUT2D eigenvalue weighted by molar-refractivity contribution is -0.384. The number of nitrogens with zero attached hydrogens (tertiary/aromatic N) is 4. The standard InChI is InChI=1S/C27H26N6O6S2/c1-18(19-9-12-25(38-2)20(15-19)17-40-27-28-13-6-14-29-27)30-31-22-11-10-21(16-24(22)33(34)35)41(36,37)32-23-7-4-5-8-26(23)39-3/h4-16,31-32H,17H2,1-3H3/b30-18-. The number of nitro benzene ring substituents is 1. The number of para-hydroxylation sites is 2. The number of hydrazone groups is 1. The zero-order chi connectivity index (χ0) is 29.4. The first-order valence-corrected chi connectivity index (χ1v) is 14.5. The molecule has 1 heterocycles. The highest BCUT2D eigenvalue weighted by atomic mass is 32.2. The third kappa shape index (κ3) is 7.29. The monoisotopic (exact) mass is 594 g/mol. The van der Waals surface area contributed by atoms with Gasteiger partial charge in [-0.05, 0) is 61.0 Å². The van der Waals surface area contributed by atoms with E-state index in [0.29, 0.717) is 28.1 Å². The number of sulfonamides is 1. The molecule has 212 valence electrons. The summed E-state index contributed by atoms with van der Waals surface area (Å²) < 4.78 is 39.0. The fourth-order valence-electron chi connectivity index (χ4n) is 3.68. The van der Waals surface area contributed by atoms with Crippen molar-refractivity contribution in [2.45, 2.75) is 22.7 Å². The van der Waals surface area contributed by atoms with E-state index in [-0.39, 0.29) is 16.3 Å². The zero-order valence-electron chi connectivity index (χ0n) is 22.3. The van der Waals surface area contributed by atoms with Gasteiger partial charge in [0.05, 0.1) is 35.4 Å². The average Bonchev–Trinajstić information content (AvgIpc) is 2.99. The predicted molar refractivity (Wildman–Crippen MR) is 157 cm³/mol. The SMILES string of the molecule is COc1ccc(/C(C)=N\Nc2ccc(S(=O)(=O)Nc3ccccc3OC)cc2[N+](=O)[O-])cc1CSc1ncccn1. The second-order valence-corrected chi connectivity index (χ2v) is 11.0. The van der Waals surface area contributed by atoms with Crippen LogP contribution in [-0.4, -0.2) is 43.2 Å². The molecule has 0 saturated heterocycles. The van der Waals surface area contributed by atoms with Crippen LogP contribution in [0.4, 0.5) is 17.1 Å². The maximum atomic E-state index is 13.0. The topological polar surface area (TPSA) is 158 Å². The van der Waals surface area contributed by atoms with E-state index in [9.17, 15) is 18.5 Å². The maximum absolute atomic E-state index is 13.0. The van der Waals surface area contributed by atoms with Crippen molar-refractivity contribution in [3.05, 3.63) is 100 Å². The summed E-state index contributed by atoms with van der Waals surface area (Å²) in [7, 11) is -1.16. The number of benzene rings is 3. The summed E-state index contributed by atoms with van der Waals surface area (Å²) in [4.78, 5) is 19.3. The summed E-state index contributed by atoms with van der Waals surface area (Å²) in [6.45, 7) is 1.74. The molecule has 14 heteroatoms. The number of ether oxygens (including phenoxy) is 2. The highest BCUT2D eigenvalue weighted by Crippen LogP contribution is 2.31. The molecule has 0 aliphatic heterocycles. The molecule has 4 rings (SSSR count). The first kappa shape index (κ1) is 29.3. The summed E-state index contributed by atoms with van der Waals surface area (Å²) in [5.74, 6) is 1.54. The molecule has 41 heavy (non-hydrogen) atoms. The number of hydrogen-bond donors (Lipinski definition) is 2. The summed E-state index contributed by atoms with van der Waals surface area (Å²) >= 11 is 1.45. The van der Waals surface area contributed by atoms with Gasteiger partial charge in [-0.3, -0.25) is 20.3 Å². The first-order valence-electron chi connectivity index (χ1n) is 12.0. The number of nitrogens with one attached hydrogen (secondary N) is 2. The van der Waals surface area contributed by atoms with Crippen molar-refractivity contribution in [3.63, 3.8) is 0 Å². The summed E-state index contributed by atoms with van der Waals surface area (Å²) in [5.41, 5.74) is 4.65. The minimum absolute atomic E-state index is 0.0242. The van der Waals surface area contributed by atoms with E-state index in [2.05, 4.69) is 25.2 Å². The molecule has 0 fully saturated rings. The van der Waals surface area contributed by atoms with Crippen molar-refractivity contribution in [1.29, 1.82) is 0 Å². The number of nitro groups is 1. The van der Waals surface area contributed by atoms with Crippen LogP contribution in [0.25, 0.3) is 0 Å². The molecule has 1 aromatic heterocycles. The molecule has 0 bridgehead atoms. The molecule has 4 aromatic rings. The molecule has 0 aliphatic carbocycles. The lowest BCUT2D eigenvalue weighted by atomic mass is 10.1. The molecule has 2 N–H and O–H groups in total. The van der Waals surface area contributed by atoms with Crippen molar-refractivity contribution in [1.82, 2.24) is 9.97 Å². The number of aromatic nitrogens is 2. The van der Waals surface area contributed by atoms with Crippen LogP contribution in [0.1, 0.15) is 18.1 Å². The van der Waals surface area contributed by atoms with E-state index >= 15 is 0 Å². The van der Waals surface area contributed by atoms with Gasteiger partial charge in [0, 0.05) is 29.8 Å². The van der Waals surface area contributed by atoms with Crippen LogP contribution in [-0.2, 0) is 15.8 Å². The minimum atomic E-state index is -4.15. The summed E-state index contributed by atoms with van der Waals surface area (Å²) in [6, 6.07) is 17.2. The lowest BCUT2D eigenvalue weighted by Gasteiger charge is -2.12. The van der Waals surface area contributed by atoms with Crippen LogP contribution in [0.3, 0.4) is 0 Å². The largest absolute Gasteiger partial charge is 0.496 e. The summed E-state index contributed by atoms with van der Waals surface area (Å²) in [6.07, 6.45) is 3.34. The van der Waals surface area contributed by atoms with Crippen LogP contribution in [0.5, 0.6) is 11.5 Å². The Bertz CT molecular complexity index is 1680. The number of hydrogen-bond acceptors (Lipinski definition) is 11. The van der Waals surface area contributed by atoms with Crippen molar-refractivity contribution in [2.75, 3.05) is 24.4 Å². The van der Waals surface area contributed by atoms with Gasteiger partial charge in [0.1, 0.15) is 17.2 Å². The van der Waals surface area contributed by atoms with Crippen LogP contribution < -0.4 is 19.6 Å². The highest BCUT2D eigenvalue weighted by Gasteiger charge is 2.22. The normalized spacial score (nSPS) is 11.5. The van der Waals surface area contributed by atoms with Gasteiger partial charge < -0.3 is 9.47 Å². The van der Waals surface area contributed by atoms with Gasteiger partial charge >= 0.3 is 0 Å². The molecule has 3 aromatic carbocycles. The molecule has 0 saturated carbocycles. The number of anilines is 2. The van der Waals surface area contributed by atoms with Crippen LogP contribution >= 0.6 is 11.8 Å². The van der Waals surface area contributed by atoms with E-state index in [0.717, 1.165) is 17.2 Å². The third-order valence-electron chi connectivity index (χ3n) is 5.77. The van der Waals surface area contributed by atoms with Gasteiger partial charge in [-0.1, -0.05) is 23.9 Å². The summed E-state index contributed by atoms with van der Waals surface area (Å²) in [5, 5.41) is 16.8. The van der Waals surface area contributed by atoms with Crippen molar-refractivity contribution >= 4 is 44.6 Å². The highest BCUT2D eigenvalue weighted by molar-refractivity contribution is 7.98. The quantitative estimate of drug-likeness (QED) is 0.0722. The minimum Gasteiger partial charge on any atom is -0.496 e. The molecule has 0 radical (unpaired) electrons. The van der Waals surface area contributed by atoms with E-state index < -0.39 is 20.6 Å². The second kappa shape index (κ2) is 13.1. The van der Waals surface area contributed by atoms with Crippen LogP contribution in [0, 0.1) is 10.1 Å². The Hall–Kier alpha value is -4.69. The molecule has 0 aliphatic rings. The Morgan fingerprint density at radius 1 is 0.976 bits per heavy atom. The maximum Gasteiger partial charge on any atom is 0.295 e. The average molecular weight is 595 g/mol. The van der Waals surface area contributed by atoms with E-state index in [1.165, 1.54) is 37.1 Å². The smallest absolute Gasteiger partial charge is 0.295 e. The molecule has 12 nitrogen and oxygen atoms in total. The Labute approximate surface area is 241 Å². The van der Waals surface area contributed by atoms with Crippen molar-refractivity contribution in [2.24, 2.45) is 5.10 Å². The van der Waals surface area contributed by atoms with Gasteiger partial charge in [0.25, 0.3) is 15.7 Å². The fraction of sp³-hybridized carbons (Fsp3) is 0.148. The van der Waals surface area contributed by atoms with Crippen molar-refractivity contribution in [3.8, 4) is 11.5 Å². The van der Waals surface area contributed by atoms with Gasteiger partial charge in [0.15, 0.2) is 5.16 Å². The van der Waals surface area contributed by atoms with Gasteiger partial charge in [0.2, 0.25) is 0 Å². The molecular formula is C27H26N6O6S2. The van der Waals surface area contributed by atoms with Gasteiger partial charge in [-0.15, -0.1) is 0 Å². The van der Waals surface area contributed by atoms with Gasteiger partial charge in [-0.25, -0.2) is 18.4 Å². The number of thioether (sulfide) groups is 1. The fourth-order valence-corrected chi connectivity index (χ4v) is 5.56. The van der Waals surface area contributed by atoms with Gasteiger partial charge in [-0.2, -0.15) is 5.10 Å². The number of methoxy groups -OCH3 is 2. The lowest BCUT2D eigenvalue weighted by Crippen LogP contribution is -2.14. The molecule has 0 spiro atoms. The van der Waals surface area contributed by atoms with Crippen LogP contribution in [0.2, 0.25) is 0 Å².